The monoisotopic (exact) mass is 174 g/mol. The zero-order valence-electron chi connectivity index (χ0n) is 8.80. The summed E-state index contributed by atoms with van der Waals surface area (Å²) < 4.78 is 0. The minimum atomic E-state index is 1.07. The normalized spacial score (nSPS) is 11.5. The summed E-state index contributed by atoms with van der Waals surface area (Å²) >= 11 is 0. The van der Waals surface area contributed by atoms with Crippen molar-refractivity contribution in [3.05, 3.63) is 60.3 Å². The summed E-state index contributed by atoms with van der Waals surface area (Å²) in [4.78, 5) is 0. The van der Waals surface area contributed by atoms with Crippen LogP contribution in [0.25, 0.3) is 0 Å². The molecule has 0 radical (unpaired) electrons. The summed E-state index contributed by atoms with van der Waals surface area (Å²) in [5.41, 5.74) is 3.49. The number of hydrogen-bond acceptors (Lipinski definition) is 0. The average Bonchev–Trinajstić information content (AvgIpc) is 2.03. The van der Waals surface area contributed by atoms with E-state index in [0.717, 1.165) is 11.1 Å². The molecule has 13 heavy (non-hydrogen) atoms. The second-order valence-corrected chi connectivity index (χ2v) is 3.24. The molecule has 0 aromatic carbocycles. The molecular formula is C13H18. The SMILES string of the molecule is C=C/C=C\C(=C\C=C(C)C)C(=C)C. The number of rotatable bonds is 4. The zero-order chi connectivity index (χ0) is 10.3. The molecule has 0 atom stereocenters. The van der Waals surface area contributed by atoms with Gasteiger partial charge in [0, 0.05) is 0 Å². The van der Waals surface area contributed by atoms with Crippen molar-refractivity contribution < 1.29 is 0 Å². The van der Waals surface area contributed by atoms with Crippen molar-refractivity contribution in [1.29, 1.82) is 0 Å². The largest absolute Gasteiger partial charge is 0.0991 e. The van der Waals surface area contributed by atoms with E-state index in [4.69, 9.17) is 0 Å². The first-order chi connectivity index (χ1) is 6.07. The highest BCUT2D eigenvalue weighted by atomic mass is 13.9. The van der Waals surface area contributed by atoms with Crippen LogP contribution in [0.15, 0.2) is 60.3 Å². The first-order valence-electron chi connectivity index (χ1n) is 4.38. The van der Waals surface area contributed by atoms with E-state index in [2.05, 4.69) is 39.2 Å². The first kappa shape index (κ1) is 11.7. The van der Waals surface area contributed by atoms with Gasteiger partial charge in [-0.05, 0) is 26.3 Å². The summed E-state index contributed by atoms with van der Waals surface area (Å²) in [6.45, 7) is 13.7. The molecule has 0 rings (SSSR count). The van der Waals surface area contributed by atoms with Gasteiger partial charge in [0.15, 0.2) is 0 Å². The third kappa shape index (κ3) is 5.92. The minimum Gasteiger partial charge on any atom is -0.0991 e. The van der Waals surface area contributed by atoms with Crippen LogP contribution in [0.4, 0.5) is 0 Å². The quantitative estimate of drug-likeness (QED) is 0.560. The van der Waals surface area contributed by atoms with Gasteiger partial charge in [0.25, 0.3) is 0 Å². The van der Waals surface area contributed by atoms with E-state index in [1.807, 2.05) is 19.1 Å². The third-order valence-electron chi connectivity index (χ3n) is 1.50. The Morgan fingerprint density at radius 1 is 1.08 bits per heavy atom. The molecule has 0 unspecified atom stereocenters. The Morgan fingerprint density at radius 2 is 1.69 bits per heavy atom. The molecule has 0 aromatic heterocycles. The lowest BCUT2D eigenvalue weighted by atomic mass is 10.1. The van der Waals surface area contributed by atoms with Crippen molar-refractivity contribution in [1.82, 2.24) is 0 Å². The molecule has 0 fully saturated rings. The van der Waals surface area contributed by atoms with Gasteiger partial charge in [-0.3, -0.25) is 0 Å². The van der Waals surface area contributed by atoms with Gasteiger partial charge >= 0.3 is 0 Å². The maximum Gasteiger partial charge on any atom is -0.0233 e. The Hall–Kier alpha value is -1.30. The molecule has 70 valence electrons. The van der Waals surface area contributed by atoms with Crippen LogP contribution in [0.5, 0.6) is 0 Å². The van der Waals surface area contributed by atoms with E-state index in [-0.39, 0.29) is 0 Å². The van der Waals surface area contributed by atoms with Gasteiger partial charge in [-0.25, -0.2) is 0 Å². The second-order valence-electron chi connectivity index (χ2n) is 3.24. The van der Waals surface area contributed by atoms with Gasteiger partial charge < -0.3 is 0 Å². The van der Waals surface area contributed by atoms with Gasteiger partial charge in [0.05, 0.1) is 0 Å². The molecule has 0 bridgehead atoms. The fourth-order valence-corrected chi connectivity index (χ4v) is 0.768. The number of allylic oxidation sites excluding steroid dienone is 8. The lowest BCUT2D eigenvalue weighted by Gasteiger charge is -1.97. The average molecular weight is 174 g/mol. The molecule has 0 heterocycles. The molecule has 0 aromatic rings. The van der Waals surface area contributed by atoms with Gasteiger partial charge in [0.1, 0.15) is 0 Å². The summed E-state index contributed by atoms with van der Waals surface area (Å²) in [7, 11) is 0. The molecule has 0 N–H and O–H groups in total. The molecular weight excluding hydrogens is 156 g/mol. The van der Waals surface area contributed by atoms with Crippen molar-refractivity contribution in [3.8, 4) is 0 Å². The van der Waals surface area contributed by atoms with Crippen LogP contribution < -0.4 is 0 Å². The smallest absolute Gasteiger partial charge is 0.0233 e. The predicted octanol–water partition coefficient (Wildman–Crippen LogP) is 4.20. The van der Waals surface area contributed by atoms with E-state index in [0.29, 0.717) is 0 Å². The predicted molar refractivity (Wildman–Crippen MR) is 61.7 cm³/mol. The van der Waals surface area contributed by atoms with E-state index in [1.54, 1.807) is 6.08 Å². The van der Waals surface area contributed by atoms with Crippen molar-refractivity contribution >= 4 is 0 Å². The molecule has 0 saturated heterocycles. The lowest BCUT2D eigenvalue weighted by Crippen LogP contribution is -1.77. The highest BCUT2D eigenvalue weighted by Gasteiger charge is 1.89. The number of hydrogen-bond donors (Lipinski definition) is 0. The highest BCUT2D eigenvalue weighted by molar-refractivity contribution is 5.40. The Kier molecular flexibility index (Phi) is 5.62. The summed E-state index contributed by atoms with van der Waals surface area (Å²) in [6.07, 6.45) is 9.84. The standard InChI is InChI=1S/C13H18/c1-6-7-8-13(12(4)5)10-9-11(2)3/h6-10H,1,4H2,2-3,5H3/b8-7-,13-10-. The summed E-state index contributed by atoms with van der Waals surface area (Å²) in [5, 5.41) is 0. The first-order valence-corrected chi connectivity index (χ1v) is 4.38. The Labute approximate surface area is 81.7 Å². The van der Waals surface area contributed by atoms with Crippen LogP contribution in [-0.4, -0.2) is 0 Å². The van der Waals surface area contributed by atoms with Crippen molar-refractivity contribution in [2.75, 3.05) is 0 Å². The Bertz CT molecular complexity index is 268. The van der Waals surface area contributed by atoms with Crippen molar-refractivity contribution in [2.45, 2.75) is 20.8 Å². The van der Waals surface area contributed by atoms with Gasteiger partial charge in [-0.2, -0.15) is 0 Å². The third-order valence-corrected chi connectivity index (χ3v) is 1.50. The molecule has 0 nitrogen and oxygen atoms in total. The maximum atomic E-state index is 3.90. The second kappa shape index (κ2) is 6.24. The van der Waals surface area contributed by atoms with Crippen molar-refractivity contribution in [3.63, 3.8) is 0 Å². The Morgan fingerprint density at radius 3 is 2.08 bits per heavy atom. The fourth-order valence-electron chi connectivity index (χ4n) is 0.768. The molecule has 0 aliphatic rings. The summed E-state index contributed by atoms with van der Waals surface area (Å²) in [5.74, 6) is 0. The molecule has 0 aliphatic heterocycles. The van der Waals surface area contributed by atoms with Gasteiger partial charge in [-0.1, -0.05) is 54.7 Å². The van der Waals surface area contributed by atoms with Gasteiger partial charge in [-0.15, -0.1) is 0 Å². The molecule has 0 saturated carbocycles. The van der Waals surface area contributed by atoms with E-state index in [1.165, 1.54) is 5.57 Å². The zero-order valence-corrected chi connectivity index (χ0v) is 8.80. The van der Waals surface area contributed by atoms with Crippen LogP contribution in [0.1, 0.15) is 20.8 Å². The van der Waals surface area contributed by atoms with Crippen LogP contribution in [-0.2, 0) is 0 Å². The highest BCUT2D eigenvalue weighted by Crippen LogP contribution is 2.09. The van der Waals surface area contributed by atoms with E-state index >= 15 is 0 Å². The fraction of sp³-hybridized carbons (Fsp3) is 0.231. The van der Waals surface area contributed by atoms with Crippen LogP contribution >= 0.6 is 0 Å². The maximum absolute atomic E-state index is 3.90. The van der Waals surface area contributed by atoms with Crippen LogP contribution in [0, 0.1) is 0 Å². The topological polar surface area (TPSA) is 0 Å². The van der Waals surface area contributed by atoms with E-state index in [9.17, 15) is 0 Å². The Balaban J connectivity index is 4.70. The summed E-state index contributed by atoms with van der Waals surface area (Å²) in [6, 6.07) is 0. The molecule has 0 spiro atoms. The van der Waals surface area contributed by atoms with Crippen LogP contribution in [0.3, 0.4) is 0 Å². The molecule has 0 aliphatic carbocycles. The molecule has 0 heteroatoms. The van der Waals surface area contributed by atoms with Crippen LogP contribution in [0.2, 0.25) is 0 Å². The van der Waals surface area contributed by atoms with Crippen molar-refractivity contribution in [2.24, 2.45) is 0 Å². The molecule has 0 amide bonds. The van der Waals surface area contributed by atoms with E-state index < -0.39 is 0 Å². The lowest BCUT2D eigenvalue weighted by molar-refractivity contribution is 1.38. The minimum absolute atomic E-state index is 1.07. The van der Waals surface area contributed by atoms with Gasteiger partial charge in [0.2, 0.25) is 0 Å².